The molecule has 1 rings (SSSR count). The lowest BCUT2D eigenvalue weighted by Crippen LogP contribution is -2.40. The average molecular weight is 435 g/mol. The molecule has 7 heteroatoms. The van der Waals surface area contributed by atoms with Gasteiger partial charge >= 0.3 is 6.18 Å². The number of unbranched alkanes of at least 4 members (excludes halogenated alkanes) is 1. The van der Waals surface area contributed by atoms with Crippen LogP contribution in [0.25, 0.3) is 0 Å². The van der Waals surface area contributed by atoms with E-state index in [1.807, 2.05) is 6.92 Å². The lowest BCUT2D eigenvalue weighted by molar-refractivity contribution is -0.135. The molecule has 0 saturated heterocycles. The highest BCUT2D eigenvalue weighted by atomic mass is 127. The van der Waals surface area contributed by atoms with E-state index in [4.69, 9.17) is 0 Å². The molecule has 1 fully saturated rings. The Bertz CT molecular complexity index is 323. The highest BCUT2D eigenvalue weighted by Crippen LogP contribution is 2.43. The van der Waals surface area contributed by atoms with Crippen molar-refractivity contribution in [3.63, 3.8) is 0 Å². The van der Waals surface area contributed by atoms with Crippen molar-refractivity contribution in [3.05, 3.63) is 0 Å². The number of halogens is 4. The van der Waals surface area contributed by atoms with Gasteiger partial charge in [-0.1, -0.05) is 13.3 Å². The van der Waals surface area contributed by atoms with Crippen LogP contribution in [0.5, 0.6) is 0 Å². The Morgan fingerprint density at radius 2 is 1.82 bits per heavy atom. The third kappa shape index (κ3) is 8.43. The Balaban J connectivity index is 0.00000441. The summed E-state index contributed by atoms with van der Waals surface area (Å²) < 4.78 is 36.1. The summed E-state index contributed by atoms with van der Waals surface area (Å²) in [6.07, 6.45) is 0.803. The Labute approximate surface area is 148 Å². The quantitative estimate of drug-likeness (QED) is 0.256. The maximum atomic E-state index is 12.0. The van der Waals surface area contributed by atoms with E-state index in [1.54, 1.807) is 0 Å². The molecule has 1 aliphatic carbocycles. The molecule has 132 valence electrons. The molecular formula is C15H29F3IN3. The number of alkyl halides is 3. The monoisotopic (exact) mass is 435 g/mol. The van der Waals surface area contributed by atoms with Crippen LogP contribution in [0.4, 0.5) is 13.2 Å². The molecule has 0 aliphatic heterocycles. The largest absolute Gasteiger partial charge is 0.389 e. The second-order valence-electron chi connectivity index (χ2n) is 5.90. The second-order valence-corrected chi connectivity index (χ2v) is 5.90. The van der Waals surface area contributed by atoms with Gasteiger partial charge < -0.3 is 10.6 Å². The zero-order valence-electron chi connectivity index (χ0n) is 13.6. The van der Waals surface area contributed by atoms with Gasteiger partial charge in [0.25, 0.3) is 0 Å². The fraction of sp³-hybridized carbons (Fsp3) is 0.933. The molecule has 1 aliphatic rings. The van der Waals surface area contributed by atoms with Gasteiger partial charge in [-0.3, -0.25) is 4.99 Å². The minimum Gasteiger partial charge on any atom is -0.357 e. The van der Waals surface area contributed by atoms with Gasteiger partial charge in [-0.2, -0.15) is 13.2 Å². The van der Waals surface area contributed by atoms with Crippen molar-refractivity contribution >= 4 is 29.9 Å². The van der Waals surface area contributed by atoms with Gasteiger partial charge in [0.1, 0.15) is 0 Å². The third-order valence-corrected chi connectivity index (χ3v) is 4.26. The van der Waals surface area contributed by atoms with Crippen molar-refractivity contribution in [3.8, 4) is 0 Å². The highest BCUT2D eigenvalue weighted by molar-refractivity contribution is 14.0. The molecule has 0 unspecified atom stereocenters. The summed E-state index contributed by atoms with van der Waals surface area (Å²) in [5.41, 5.74) is 0.360. The van der Waals surface area contributed by atoms with Crippen LogP contribution in [0.2, 0.25) is 0 Å². The van der Waals surface area contributed by atoms with Gasteiger partial charge in [0.2, 0.25) is 0 Å². The molecule has 22 heavy (non-hydrogen) atoms. The molecule has 0 bridgehead atoms. The van der Waals surface area contributed by atoms with Crippen molar-refractivity contribution in [2.45, 2.75) is 65.0 Å². The topological polar surface area (TPSA) is 36.4 Å². The average Bonchev–Trinajstić information content (AvgIpc) is 2.36. The first-order chi connectivity index (χ1) is 9.91. The summed E-state index contributed by atoms with van der Waals surface area (Å²) in [5.74, 6) is 0.726. The molecule has 0 aromatic heterocycles. The SMILES string of the molecule is CCNC(=NCC1(CC)CCC1)NCCCCC(F)(F)F.I. The Kier molecular flexibility index (Phi) is 10.4. The number of nitrogens with zero attached hydrogens (tertiary/aromatic N) is 1. The lowest BCUT2D eigenvalue weighted by atomic mass is 9.67. The summed E-state index contributed by atoms with van der Waals surface area (Å²) in [7, 11) is 0. The molecule has 0 radical (unpaired) electrons. The van der Waals surface area contributed by atoms with Crippen LogP contribution in [0.1, 0.15) is 58.8 Å². The number of nitrogens with one attached hydrogen (secondary N) is 2. The fourth-order valence-corrected chi connectivity index (χ4v) is 2.55. The van der Waals surface area contributed by atoms with E-state index < -0.39 is 12.6 Å². The summed E-state index contributed by atoms with van der Waals surface area (Å²) in [6.45, 7) is 6.28. The molecule has 0 aromatic carbocycles. The van der Waals surface area contributed by atoms with Gasteiger partial charge in [-0.15, -0.1) is 24.0 Å². The number of hydrogen-bond donors (Lipinski definition) is 2. The van der Waals surface area contributed by atoms with Crippen molar-refractivity contribution < 1.29 is 13.2 Å². The van der Waals surface area contributed by atoms with Crippen molar-refractivity contribution in [2.75, 3.05) is 19.6 Å². The van der Waals surface area contributed by atoms with E-state index >= 15 is 0 Å². The smallest absolute Gasteiger partial charge is 0.357 e. The maximum absolute atomic E-state index is 12.0. The van der Waals surface area contributed by atoms with Crippen LogP contribution in [0, 0.1) is 5.41 Å². The highest BCUT2D eigenvalue weighted by Gasteiger charge is 2.34. The molecular weight excluding hydrogens is 406 g/mol. The predicted octanol–water partition coefficient (Wildman–Crippen LogP) is 4.47. The van der Waals surface area contributed by atoms with Crippen LogP contribution in [-0.4, -0.2) is 31.8 Å². The molecule has 1 saturated carbocycles. The van der Waals surface area contributed by atoms with Gasteiger partial charge in [-0.05, 0) is 44.4 Å². The number of guanidine groups is 1. The fourth-order valence-electron chi connectivity index (χ4n) is 2.55. The zero-order valence-corrected chi connectivity index (χ0v) is 15.9. The van der Waals surface area contributed by atoms with Gasteiger partial charge in [0.05, 0.1) is 0 Å². The van der Waals surface area contributed by atoms with Gasteiger partial charge in [0, 0.05) is 26.1 Å². The molecule has 0 heterocycles. The lowest BCUT2D eigenvalue weighted by Gasteiger charge is -2.40. The number of hydrogen-bond acceptors (Lipinski definition) is 1. The maximum Gasteiger partial charge on any atom is 0.389 e. The van der Waals surface area contributed by atoms with Crippen LogP contribution in [0.3, 0.4) is 0 Å². The van der Waals surface area contributed by atoms with E-state index in [0.717, 1.165) is 25.5 Å². The molecule has 2 N–H and O–H groups in total. The minimum atomic E-state index is -4.05. The van der Waals surface area contributed by atoms with E-state index in [1.165, 1.54) is 19.3 Å². The van der Waals surface area contributed by atoms with Gasteiger partial charge in [0.15, 0.2) is 5.96 Å². The minimum absolute atomic E-state index is 0. The Hall–Kier alpha value is -0.210. The predicted molar refractivity (Wildman–Crippen MR) is 95.9 cm³/mol. The summed E-state index contributed by atoms with van der Waals surface area (Å²) in [4.78, 5) is 4.60. The van der Waals surface area contributed by atoms with E-state index in [0.29, 0.717) is 18.4 Å². The molecule has 0 amide bonds. The molecule has 3 nitrogen and oxygen atoms in total. The second kappa shape index (κ2) is 10.5. The van der Waals surface area contributed by atoms with E-state index in [9.17, 15) is 13.2 Å². The third-order valence-electron chi connectivity index (χ3n) is 4.26. The first-order valence-electron chi connectivity index (χ1n) is 8.00. The summed E-state index contributed by atoms with van der Waals surface area (Å²) in [5, 5.41) is 6.27. The molecule has 0 spiro atoms. The van der Waals surface area contributed by atoms with Crippen LogP contribution < -0.4 is 10.6 Å². The van der Waals surface area contributed by atoms with Crippen molar-refractivity contribution in [1.29, 1.82) is 0 Å². The van der Waals surface area contributed by atoms with Crippen molar-refractivity contribution in [1.82, 2.24) is 10.6 Å². The number of rotatable bonds is 8. The summed E-state index contributed by atoms with van der Waals surface area (Å²) in [6, 6.07) is 0. The first kappa shape index (κ1) is 21.8. The molecule has 0 aromatic rings. The standard InChI is InChI=1S/C15H28F3N3.HI/c1-3-14(8-7-9-14)12-21-13(19-4-2)20-11-6-5-10-15(16,17)18;/h3-12H2,1-2H3,(H2,19,20,21);1H. The summed E-state index contributed by atoms with van der Waals surface area (Å²) >= 11 is 0. The normalized spacial score (nSPS) is 17.4. The van der Waals surface area contributed by atoms with Gasteiger partial charge in [-0.25, -0.2) is 0 Å². The Morgan fingerprint density at radius 3 is 2.27 bits per heavy atom. The van der Waals surface area contributed by atoms with E-state index in [2.05, 4.69) is 22.5 Å². The number of aliphatic imine (C=N–C) groups is 1. The van der Waals surface area contributed by atoms with Crippen LogP contribution in [-0.2, 0) is 0 Å². The van der Waals surface area contributed by atoms with Crippen LogP contribution >= 0.6 is 24.0 Å². The van der Waals surface area contributed by atoms with Crippen LogP contribution in [0.15, 0.2) is 4.99 Å². The Morgan fingerprint density at radius 1 is 1.14 bits per heavy atom. The van der Waals surface area contributed by atoms with E-state index in [-0.39, 0.29) is 30.4 Å². The van der Waals surface area contributed by atoms with Crippen molar-refractivity contribution in [2.24, 2.45) is 10.4 Å². The molecule has 0 atom stereocenters. The zero-order chi connectivity index (χ0) is 15.8. The first-order valence-corrected chi connectivity index (χ1v) is 8.00.